The molecule has 10 aromatic rings. The predicted molar refractivity (Wildman–Crippen MR) is 259 cm³/mol. The Labute approximate surface area is 359 Å². The third-order valence-corrected chi connectivity index (χ3v) is 11.5. The standard InChI is InChI=1S/C60H43N/c1-4-19-44(20-5-1)49-25-18-26-50(43-49)45-35-39-51(40-36-45)61(52-41-37-48(38-42-52)54-28-11-10-27-53(54)46-21-6-2-7-22-46)60-34-17-16-33-59(60)58-32-15-14-31-57(58)56-30-13-12-29-55(56)47-23-8-3-9-24-47/h1-43H. The van der Waals surface area contributed by atoms with Gasteiger partial charge in [-0.05, 0) is 109 Å². The Hall–Kier alpha value is -8.00. The van der Waals surface area contributed by atoms with Crippen LogP contribution >= 0.6 is 0 Å². The molecule has 10 rings (SSSR count). The lowest BCUT2D eigenvalue weighted by Gasteiger charge is -2.29. The molecule has 0 saturated carbocycles. The molecular weight excluding hydrogens is 735 g/mol. The molecule has 0 heterocycles. The summed E-state index contributed by atoms with van der Waals surface area (Å²) in [4.78, 5) is 2.41. The molecule has 0 aromatic heterocycles. The highest BCUT2D eigenvalue weighted by atomic mass is 15.1. The Morgan fingerprint density at radius 2 is 0.475 bits per heavy atom. The van der Waals surface area contributed by atoms with Gasteiger partial charge >= 0.3 is 0 Å². The SMILES string of the molecule is c1ccc(-c2cccc(-c3ccc(N(c4ccc(-c5ccccc5-c5ccccc5)cc4)c4ccccc4-c4ccccc4-c4ccccc4-c4ccccc4)cc3)c2)cc1. The Kier molecular flexibility index (Phi) is 10.4. The molecule has 0 fully saturated rings. The number of benzene rings is 10. The number of hydrogen-bond donors (Lipinski definition) is 0. The van der Waals surface area contributed by atoms with Gasteiger partial charge < -0.3 is 4.90 Å². The Morgan fingerprint density at radius 1 is 0.180 bits per heavy atom. The Morgan fingerprint density at radius 3 is 0.967 bits per heavy atom. The fourth-order valence-corrected chi connectivity index (χ4v) is 8.57. The molecule has 0 bridgehead atoms. The molecule has 0 aliphatic rings. The van der Waals surface area contributed by atoms with E-state index in [2.05, 4.69) is 266 Å². The van der Waals surface area contributed by atoms with E-state index < -0.39 is 0 Å². The molecule has 0 saturated heterocycles. The predicted octanol–water partition coefficient (Wildman–Crippen LogP) is 16.8. The van der Waals surface area contributed by atoms with Crippen LogP contribution < -0.4 is 4.90 Å². The molecule has 1 heteroatoms. The first-order valence-corrected chi connectivity index (χ1v) is 20.9. The first-order valence-electron chi connectivity index (χ1n) is 20.9. The number of para-hydroxylation sites is 1. The average molecular weight is 778 g/mol. The number of hydrogen-bond acceptors (Lipinski definition) is 1. The number of anilines is 3. The summed E-state index contributed by atoms with van der Waals surface area (Å²) in [5.74, 6) is 0. The molecule has 0 amide bonds. The summed E-state index contributed by atoms with van der Waals surface area (Å²) in [6.07, 6.45) is 0. The Bertz CT molecular complexity index is 3040. The lowest BCUT2D eigenvalue weighted by molar-refractivity contribution is 1.28. The number of rotatable bonds is 10. The zero-order valence-corrected chi connectivity index (χ0v) is 33.8. The molecule has 0 atom stereocenters. The molecule has 10 aromatic carbocycles. The van der Waals surface area contributed by atoms with Gasteiger partial charge in [-0.2, -0.15) is 0 Å². The van der Waals surface area contributed by atoms with E-state index >= 15 is 0 Å². The first-order chi connectivity index (χ1) is 30.3. The maximum atomic E-state index is 2.41. The van der Waals surface area contributed by atoms with Crippen molar-refractivity contribution >= 4 is 17.1 Å². The van der Waals surface area contributed by atoms with E-state index in [1.807, 2.05) is 0 Å². The minimum absolute atomic E-state index is 1.08. The monoisotopic (exact) mass is 777 g/mol. The van der Waals surface area contributed by atoms with Crippen LogP contribution in [0.25, 0.3) is 77.9 Å². The van der Waals surface area contributed by atoms with Crippen molar-refractivity contribution in [3.05, 3.63) is 261 Å². The minimum Gasteiger partial charge on any atom is -0.310 e. The van der Waals surface area contributed by atoms with Crippen LogP contribution in [0.15, 0.2) is 261 Å². The van der Waals surface area contributed by atoms with Crippen molar-refractivity contribution in [1.82, 2.24) is 0 Å². The van der Waals surface area contributed by atoms with E-state index in [1.54, 1.807) is 0 Å². The smallest absolute Gasteiger partial charge is 0.0540 e. The second-order valence-electron chi connectivity index (χ2n) is 15.3. The molecule has 0 aliphatic carbocycles. The van der Waals surface area contributed by atoms with E-state index in [9.17, 15) is 0 Å². The molecular formula is C60H43N. The van der Waals surface area contributed by atoms with E-state index in [0.29, 0.717) is 0 Å². The third-order valence-electron chi connectivity index (χ3n) is 11.5. The molecule has 1 nitrogen and oxygen atoms in total. The zero-order chi connectivity index (χ0) is 40.8. The molecule has 288 valence electrons. The molecule has 0 unspecified atom stereocenters. The first kappa shape index (κ1) is 37.3. The highest BCUT2D eigenvalue weighted by molar-refractivity contribution is 5.97. The van der Waals surface area contributed by atoms with Crippen LogP contribution in [0.5, 0.6) is 0 Å². The van der Waals surface area contributed by atoms with E-state index in [1.165, 1.54) is 72.3 Å². The Balaban J connectivity index is 1.10. The van der Waals surface area contributed by atoms with Gasteiger partial charge in [-0.15, -0.1) is 0 Å². The van der Waals surface area contributed by atoms with Crippen LogP contribution in [0.1, 0.15) is 0 Å². The molecule has 61 heavy (non-hydrogen) atoms. The van der Waals surface area contributed by atoms with Crippen molar-refractivity contribution in [2.24, 2.45) is 0 Å². The van der Waals surface area contributed by atoms with Gasteiger partial charge in [-0.3, -0.25) is 0 Å². The fraction of sp³-hybridized carbons (Fsp3) is 0. The van der Waals surface area contributed by atoms with Gasteiger partial charge in [0, 0.05) is 16.9 Å². The summed E-state index contributed by atoms with van der Waals surface area (Å²) in [5, 5.41) is 0. The van der Waals surface area contributed by atoms with Crippen LogP contribution in [-0.2, 0) is 0 Å². The van der Waals surface area contributed by atoms with Crippen LogP contribution in [0, 0.1) is 0 Å². The van der Waals surface area contributed by atoms with Crippen LogP contribution in [-0.4, -0.2) is 0 Å². The van der Waals surface area contributed by atoms with Crippen LogP contribution in [0.3, 0.4) is 0 Å². The quantitative estimate of drug-likeness (QED) is 0.134. The van der Waals surface area contributed by atoms with Gasteiger partial charge in [0.15, 0.2) is 0 Å². The van der Waals surface area contributed by atoms with Gasteiger partial charge in [-0.1, -0.05) is 224 Å². The van der Waals surface area contributed by atoms with Crippen molar-refractivity contribution in [3.8, 4) is 77.9 Å². The summed E-state index contributed by atoms with van der Waals surface area (Å²) in [6, 6.07) is 93.9. The van der Waals surface area contributed by atoms with Gasteiger partial charge in [0.2, 0.25) is 0 Å². The summed E-state index contributed by atoms with van der Waals surface area (Å²) in [7, 11) is 0. The van der Waals surface area contributed by atoms with E-state index in [0.717, 1.165) is 22.6 Å². The summed E-state index contributed by atoms with van der Waals surface area (Å²) in [6.45, 7) is 0. The maximum absolute atomic E-state index is 2.41. The van der Waals surface area contributed by atoms with Gasteiger partial charge in [0.1, 0.15) is 0 Å². The van der Waals surface area contributed by atoms with Gasteiger partial charge in [0.25, 0.3) is 0 Å². The van der Waals surface area contributed by atoms with Crippen LogP contribution in [0.2, 0.25) is 0 Å². The van der Waals surface area contributed by atoms with Gasteiger partial charge in [0.05, 0.1) is 5.69 Å². The van der Waals surface area contributed by atoms with Gasteiger partial charge in [-0.25, -0.2) is 0 Å². The summed E-state index contributed by atoms with van der Waals surface area (Å²) in [5.41, 5.74) is 20.0. The molecule has 0 aliphatic heterocycles. The highest BCUT2D eigenvalue weighted by Crippen LogP contribution is 2.46. The topological polar surface area (TPSA) is 3.24 Å². The summed E-state index contributed by atoms with van der Waals surface area (Å²) >= 11 is 0. The lowest BCUT2D eigenvalue weighted by Crippen LogP contribution is -2.11. The van der Waals surface area contributed by atoms with Crippen molar-refractivity contribution in [2.75, 3.05) is 4.90 Å². The highest BCUT2D eigenvalue weighted by Gasteiger charge is 2.21. The molecule has 0 spiro atoms. The second kappa shape index (κ2) is 17.1. The van der Waals surface area contributed by atoms with E-state index in [4.69, 9.17) is 0 Å². The third kappa shape index (κ3) is 7.69. The van der Waals surface area contributed by atoms with Crippen molar-refractivity contribution in [2.45, 2.75) is 0 Å². The second-order valence-corrected chi connectivity index (χ2v) is 15.3. The van der Waals surface area contributed by atoms with Crippen molar-refractivity contribution in [3.63, 3.8) is 0 Å². The average Bonchev–Trinajstić information content (AvgIpc) is 3.35. The van der Waals surface area contributed by atoms with Crippen molar-refractivity contribution in [1.29, 1.82) is 0 Å². The largest absolute Gasteiger partial charge is 0.310 e. The van der Waals surface area contributed by atoms with Crippen LogP contribution in [0.4, 0.5) is 17.1 Å². The zero-order valence-electron chi connectivity index (χ0n) is 33.8. The number of nitrogens with zero attached hydrogens (tertiary/aromatic N) is 1. The lowest BCUT2D eigenvalue weighted by atomic mass is 9.88. The molecule has 0 N–H and O–H groups in total. The maximum Gasteiger partial charge on any atom is 0.0540 e. The van der Waals surface area contributed by atoms with E-state index in [-0.39, 0.29) is 0 Å². The minimum atomic E-state index is 1.08. The summed E-state index contributed by atoms with van der Waals surface area (Å²) < 4.78 is 0. The normalized spacial score (nSPS) is 11.0. The molecule has 0 radical (unpaired) electrons. The fourth-order valence-electron chi connectivity index (χ4n) is 8.57. The van der Waals surface area contributed by atoms with Crippen molar-refractivity contribution < 1.29 is 0 Å².